The zero-order valence-electron chi connectivity index (χ0n) is 10.3. The van der Waals surface area contributed by atoms with Crippen molar-refractivity contribution >= 4 is 17.6 Å². The van der Waals surface area contributed by atoms with Gasteiger partial charge in [-0.25, -0.2) is 4.79 Å². The summed E-state index contributed by atoms with van der Waals surface area (Å²) in [5.74, 6) is -0.116. The zero-order chi connectivity index (χ0) is 13.4. The molecule has 0 radical (unpaired) electrons. The van der Waals surface area contributed by atoms with E-state index in [1.807, 2.05) is 12.1 Å². The molecule has 0 saturated carbocycles. The van der Waals surface area contributed by atoms with Crippen molar-refractivity contribution in [2.45, 2.75) is 13.5 Å². The van der Waals surface area contributed by atoms with Crippen LogP contribution in [0, 0.1) is 0 Å². The lowest BCUT2D eigenvalue weighted by Crippen LogP contribution is -2.36. The highest BCUT2D eigenvalue weighted by atomic mass is 16.2. The fourth-order valence-electron chi connectivity index (χ4n) is 1.31. The Bertz CT molecular complexity index is 403. The van der Waals surface area contributed by atoms with Crippen molar-refractivity contribution in [3.63, 3.8) is 0 Å². The molecule has 1 aromatic carbocycles. The van der Waals surface area contributed by atoms with Gasteiger partial charge < -0.3 is 21.7 Å². The number of rotatable bonds is 5. The number of carbonyl (C=O) groups excluding carboxylic acids is 2. The molecule has 0 bridgehead atoms. The van der Waals surface area contributed by atoms with E-state index in [0.29, 0.717) is 25.3 Å². The Morgan fingerprint density at radius 2 is 1.72 bits per heavy atom. The predicted octanol–water partition coefficient (Wildman–Crippen LogP) is 0.403. The molecule has 18 heavy (non-hydrogen) atoms. The number of benzene rings is 1. The smallest absolute Gasteiger partial charge is 0.319 e. The molecule has 0 saturated heterocycles. The summed E-state index contributed by atoms with van der Waals surface area (Å²) in [5.41, 5.74) is 7.18. The average molecular weight is 250 g/mol. The second-order valence-corrected chi connectivity index (χ2v) is 3.76. The van der Waals surface area contributed by atoms with Crippen LogP contribution in [0.4, 0.5) is 10.5 Å². The quantitative estimate of drug-likeness (QED) is 0.570. The summed E-state index contributed by atoms with van der Waals surface area (Å²) in [5, 5.41) is 7.89. The van der Waals surface area contributed by atoms with Gasteiger partial charge in [0.2, 0.25) is 5.91 Å². The average Bonchev–Trinajstić information content (AvgIpc) is 2.35. The van der Waals surface area contributed by atoms with Gasteiger partial charge in [-0.05, 0) is 17.7 Å². The van der Waals surface area contributed by atoms with Gasteiger partial charge in [-0.1, -0.05) is 12.1 Å². The lowest BCUT2D eigenvalue weighted by molar-refractivity contribution is -0.118. The normalized spacial score (nSPS) is 9.67. The minimum atomic E-state index is -0.305. The Balaban J connectivity index is 2.28. The fourth-order valence-corrected chi connectivity index (χ4v) is 1.31. The van der Waals surface area contributed by atoms with Crippen molar-refractivity contribution in [1.29, 1.82) is 0 Å². The molecular formula is C12H18N4O2. The molecule has 0 aliphatic heterocycles. The van der Waals surface area contributed by atoms with Crippen molar-refractivity contribution in [3.8, 4) is 0 Å². The topological polar surface area (TPSA) is 96.2 Å². The molecule has 1 rings (SSSR count). The van der Waals surface area contributed by atoms with Crippen LogP contribution in [0.3, 0.4) is 0 Å². The number of nitrogens with two attached hydrogens (primary N) is 1. The maximum atomic E-state index is 11.5. The summed E-state index contributed by atoms with van der Waals surface area (Å²) in [6.45, 7) is 2.70. The van der Waals surface area contributed by atoms with Gasteiger partial charge in [0, 0.05) is 32.2 Å². The molecule has 0 aromatic heterocycles. The maximum Gasteiger partial charge on any atom is 0.319 e. The summed E-state index contributed by atoms with van der Waals surface area (Å²) in [6.07, 6.45) is 0. The predicted molar refractivity (Wildman–Crippen MR) is 70.0 cm³/mol. The second-order valence-electron chi connectivity index (χ2n) is 3.76. The van der Waals surface area contributed by atoms with Crippen LogP contribution in [-0.2, 0) is 11.3 Å². The molecule has 0 atom stereocenters. The molecule has 0 aliphatic rings. The lowest BCUT2D eigenvalue weighted by atomic mass is 10.2. The Labute approximate surface area is 106 Å². The first kappa shape index (κ1) is 14.0. The minimum absolute atomic E-state index is 0.116. The van der Waals surface area contributed by atoms with Crippen LogP contribution >= 0.6 is 0 Å². The van der Waals surface area contributed by atoms with Crippen LogP contribution in [-0.4, -0.2) is 25.0 Å². The van der Waals surface area contributed by atoms with E-state index in [-0.39, 0.29) is 11.9 Å². The van der Waals surface area contributed by atoms with Gasteiger partial charge in [-0.15, -0.1) is 0 Å². The van der Waals surface area contributed by atoms with Gasteiger partial charge in [0.15, 0.2) is 0 Å². The summed E-state index contributed by atoms with van der Waals surface area (Å²) < 4.78 is 0. The Hall–Kier alpha value is -2.08. The summed E-state index contributed by atoms with van der Waals surface area (Å²) >= 11 is 0. The number of hydrogen-bond donors (Lipinski definition) is 4. The number of carbonyl (C=O) groups is 2. The molecule has 0 heterocycles. The van der Waals surface area contributed by atoms with E-state index in [4.69, 9.17) is 5.73 Å². The molecule has 6 nitrogen and oxygen atoms in total. The van der Waals surface area contributed by atoms with Crippen LogP contribution in [0.1, 0.15) is 12.5 Å². The monoisotopic (exact) mass is 250 g/mol. The number of urea groups is 1. The highest BCUT2D eigenvalue weighted by Crippen LogP contribution is 2.08. The van der Waals surface area contributed by atoms with E-state index in [1.165, 1.54) is 6.92 Å². The van der Waals surface area contributed by atoms with E-state index in [2.05, 4.69) is 16.0 Å². The van der Waals surface area contributed by atoms with Gasteiger partial charge >= 0.3 is 6.03 Å². The molecule has 0 spiro atoms. The number of amides is 3. The SMILES string of the molecule is CC(=O)NCCNC(=O)Nc1ccc(CN)cc1. The lowest BCUT2D eigenvalue weighted by Gasteiger charge is -2.08. The minimum Gasteiger partial charge on any atom is -0.355 e. The van der Waals surface area contributed by atoms with Crippen molar-refractivity contribution in [1.82, 2.24) is 10.6 Å². The molecule has 0 fully saturated rings. The van der Waals surface area contributed by atoms with E-state index >= 15 is 0 Å². The molecule has 0 unspecified atom stereocenters. The first-order valence-corrected chi connectivity index (χ1v) is 5.70. The molecule has 5 N–H and O–H groups in total. The van der Waals surface area contributed by atoms with Crippen molar-refractivity contribution in [2.75, 3.05) is 18.4 Å². The summed E-state index contributed by atoms with van der Waals surface area (Å²) in [4.78, 5) is 22.0. The van der Waals surface area contributed by atoms with Crippen LogP contribution in [0.5, 0.6) is 0 Å². The van der Waals surface area contributed by atoms with E-state index < -0.39 is 0 Å². The molecule has 98 valence electrons. The summed E-state index contributed by atoms with van der Waals surface area (Å²) in [7, 11) is 0. The van der Waals surface area contributed by atoms with Gasteiger partial charge in [-0.2, -0.15) is 0 Å². The molecule has 1 aromatic rings. The number of anilines is 1. The van der Waals surface area contributed by atoms with E-state index in [1.54, 1.807) is 12.1 Å². The Morgan fingerprint density at radius 3 is 2.28 bits per heavy atom. The van der Waals surface area contributed by atoms with Crippen LogP contribution in [0.2, 0.25) is 0 Å². The highest BCUT2D eigenvalue weighted by molar-refractivity contribution is 5.89. The molecular weight excluding hydrogens is 232 g/mol. The van der Waals surface area contributed by atoms with Gasteiger partial charge in [0.1, 0.15) is 0 Å². The number of hydrogen-bond acceptors (Lipinski definition) is 3. The zero-order valence-corrected chi connectivity index (χ0v) is 10.3. The highest BCUT2D eigenvalue weighted by Gasteiger charge is 2.00. The van der Waals surface area contributed by atoms with Crippen molar-refractivity contribution in [2.24, 2.45) is 5.73 Å². The van der Waals surface area contributed by atoms with Crippen LogP contribution in [0.15, 0.2) is 24.3 Å². The maximum absolute atomic E-state index is 11.5. The van der Waals surface area contributed by atoms with Crippen LogP contribution < -0.4 is 21.7 Å². The first-order chi connectivity index (χ1) is 8.61. The Morgan fingerprint density at radius 1 is 1.11 bits per heavy atom. The third-order valence-corrected chi connectivity index (χ3v) is 2.23. The molecule has 3 amide bonds. The molecule has 6 heteroatoms. The van der Waals surface area contributed by atoms with Crippen molar-refractivity contribution < 1.29 is 9.59 Å². The number of nitrogens with one attached hydrogen (secondary N) is 3. The molecule has 0 aliphatic carbocycles. The Kier molecular flexibility index (Phi) is 5.66. The standard InChI is InChI=1S/C12H18N4O2/c1-9(17)14-6-7-15-12(18)16-11-4-2-10(8-13)3-5-11/h2-5H,6-8,13H2,1H3,(H,14,17)(H2,15,16,18). The largest absolute Gasteiger partial charge is 0.355 e. The second kappa shape index (κ2) is 7.29. The van der Waals surface area contributed by atoms with Crippen LogP contribution in [0.25, 0.3) is 0 Å². The van der Waals surface area contributed by atoms with Gasteiger partial charge in [0.05, 0.1) is 0 Å². The summed E-state index contributed by atoms with van der Waals surface area (Å²) in [6, 6.07) is 6.98. The van der Waals surface area contributed by atoms with E-state index in [9.17, 15) is 9.59 Å². The van der Waals surface area contributed by atoms with Gasteiger partial charge in [-0.3, -0.25) is 4.79 Å². The third-order valence-electron chi connectivity index (χ3n) is 2.23. The van der Waals surface area contributed by atoms with E-state index in [0.717, 1.165) is 5.56 Å². The first-order valence-electron chi connectivity index (χ1n) is 5.70. The van der Waals surface area contributed by atoms with Crippen molar-refractivity contribution in [3.05, 3.63) is 29.8 Å². The third kappa shape index (κ3) is 5.31. The fraction of sp³-hybridized carbons (Fsp3) is 0.333. The van der Waals surface area contributed by atoms with Gasteiger partial charge in [0.25, 0.3) is 0 Å².